The first-order valence-electron chi connectivity index (χ1n) is 9.80. The second-order valence-electron chi connectivity index (χ2n) is 7.36. The van der Waals surface area contributed by atoms with Gasteiger partial charge in [0.05, 0.1) is 0 Å². The fourth-order valence-corrected chi connectivity index (χ4v) is 4.00. The molecule has 4 rings (SSSR count). The van der Waals surface area contributed by atoms with Gasteiger partial charge in [-0.3, -0.25) is 4.79 Å². The predicted octanol–water partition coefficient (Wildman–Crippen LogP) is 2.16. The van der Waals surface area contributed by atoms with Crippen molar-refractivity contribution in [2.24, 2.45) is 0 Å². The van der Waals surface area contributed by atoms with E-state index in [4.69, 9.17) is 4.74 Å². The van der Waals surface area contributed by atoms with E-state index in [1.54, 1.807) is 7.11 Å². The summed E-state index contributed by atoms with van der Waals surface area (Å²) < 4.78 is 7.32. The number of fused-ring (bicyclic) bond motifs is 1. The highest BCUT2D eigenvalue weighted by Gasteiger charge is 2.22. The quantitative estimate of drug-likeness (QED) is 0.874. The van der Waals surface area contributed by atoms with Gasteiger partial charge in [-0.25, -0.2) is 0 Å². The molecule has 2 aliphatic heterocycles. The Balaban J connectivity index is 1.35. The molecule has 3 heterocycles. The number of methoxy groups -OCH3 is 1. The van der Waals surface area contributed by atoms with Crippen molar-refractivity contribution in [1.82, 2.24) is 20.1 Å². The molecule has 0 bridgehead atoms. The monoisotopic (exact) mass is 369 g/mol. The molecule has 1 amide bonds. The smallest absolute Gasteiger partial charge is 0.251 e. The van der Waals surface area contributed by atoms with E-state index >= 15 is 0 Å². The first-order valence-corrected chi connectivity index (χ1v) is 9.80. The summed E-state index contributed by atoms with van der Waals surface area (Å²) in [6.07, 6.45) is 5.07. The third kappa shape index (κ3) is 3.98. The Morgan fingerprint density at radius 2 is 1.93 bits per heavy atom. The highest BCUT2D eigenvalue weighted by molar-refractivity contribution is 5.94. The molecule has 27 heavy (non-hydrogen) atoms. The van der Waals surface area contributed by atoms with Crippen molar-refractivity contribution in [3.8, 4) is 0 Å². The van der Waals surface area contributed by atoms with Crippen LogP contribution >= 0.6 is 0 Å². The van der Waals surface area contributed by atoms with E-state index in [9.17, 15) is 4.79 Å². The molecule has 2 aromatic rings. The SMILES string of the molecule is COCc1nnc2n1CCC(NC(=O)c1ccc(N3CCCC3)cc1)CC2. The number of rotatable bonds is 5. The van der Waals surface area contributed by atoms with Crippen LogP contribution < -0.4 is 10.2 Å². The van der Waals surface area contributed by atoms with Crippen LogP contribution in [0.15, 0.2) is 24.3 Å². The van der Waals surface area contributed by atoms with Gasteiger partial charge in [0.2, 0.25) is 0 Å². The van der Waals surface area contributed by atoms with Gasteiger partial charge in [0.15, 0.2) is 5.82 Å². The lowest BCUT2D eigenvalue weighted by atomic mass is 10.1. The predicted molar refractivity (Wildman–Crippen MR) is 103 cm³/mol. The summed E-state index contributed by atoms with van der Waals surface area (Å²) in [7, 11) is 1.66. The van der Waals surface area contributed by atoms with Crippen LogP contribution in [0.1, 0.15) is 47.7 Å². The second kappa shape index (κ2) is 8.08. The normalized spacial score (nSPS) is 19.6. The third-order valence-corrected chi connectivity index (χ3v) is 5.53. The van der Waals surface area contributed by atoms with E-state index in [0.29, 0.717) is 6.61 Å². The Bertz CT molecular complexity index is 780. The number of benzene rings is 1. The van der Waals surface area contributed by atoms with Crippen molar-refractivity contribution in [3.63, 3.8) is 0 Å². The van der Waals surface area contributed by atoms with Gasteiger partial charge < -0.3 is 19.5 Å². The molecule has 7 heteroatoms. The van der Waals surface area contributed by atoms with Gasteiger partial charge in [0.25, 0.3) is 5.91 Å². The summed E-state index contributed by atoms with van der Waals surface area (Å²) in [5.74, 6) is 1.84. The first kappa shape index (κ1) is 18.0. The molecule has 0 saturated carbocycles. The van der Waals surface area contributed by atoms with Gasteiger partial charge in [-0.15, -0.1) is 10.2 Å². The van der Waals surface area contributed by atoms with Gasteiger partial charge in [0, 0.05) is 50.5 Å². The number of nitrogens with one attached hydrogen (secondary N) is 1. The summed E-state index contributed by atoms with van der Waals surface area (Å²) >= 11 is 0. The minimum absolute atomic E-state index is 0.00255. The Morgan fingerprint density at radius 1 is 1.15 bits per heavy atom. The Labute approximate surface area is 159 Å². The average Bonchev–Trinajstić information content (AvgIpc) is 3.31. The van der Waals surface area contributed by atoms with Crippen molar-refractivity contribution in [3.05, 3.63) is 41.5 Å². The highest BCUT2D eigenvalue weighted by Crippen LogP contribution is 2.21. The van der Waals surface area contributed by atoms with E-state index in [1.165, 1.54) is 18.5 Å². The second-order valence-corrected chi connectivity index (χ2v) is 7.36. The number of carbonyl (C=O) groups is 1. The van der Waals surface area contributed by atoms with Gasteiger partial charge in [-0.2, -0.15) is 0 Å². The summed E-state index contributed by atoms with van der Waals surface area (Å²) in [6, 6.07) is 8.14. The first-order chi connectivity index (χ1) is 13.2. The van der Waals surface area contributed by atoms with Crippen molar-refractivity contribution >= 4 is 11.6 Å². The molecule has 144 valence electrons. The highest BCUT2D eigenvalue weighted by atomic mass is 16.5. The number of anilines is 1. The number of nitrogens with zero attached hydrogens (tertiary/aromatic N) is 4. The minimum Gasteiger partial charge on any atom is -0.377 e. The van der Waals surface area contributed by atoms with Gasteiger partial charge >= 0.3 is 0 Å². The lowest BCUT2D eigenvalue weighted by molar-refractivity contribution is 0.0932. The molecule has 0 aliphatic carbocycles. The number of hydrogen-bond acceptors (Lipinski definition) is 5. The van der Waals surface area contributed by atoms with Crippen molar-refractivity contribution in [1.29, 1.82) is 0 Å². The maximum atomic E-state index is 12.7. The Hall–Kier alpha value is -2.41. The number of ether oxygens (including phenoxy) is 1. The molecule has 1 aromatic carbocycles. The average molecular weight is 369 g/mol. The fraction of sp³-hybridized carbons (Fsp3) is 0.550. The molecule has 7 nitrogen and oxygen atoms in total. The molecule has 1 aromatic heterocycles. The third-order valence-electron chi connectivity index (χ3n) is 5.53. The molecule has 0 spiro atoms. The molecular formula is C20H27N5O2. The summed E-state index contributed by atoms with van der Waals surface area (Å²) in [5.41, 5.74) is 1.93. The van der Waals surface area contributed by atoms with Gasteiger partial charge in [-0.1, -0.05) is 0 Å². The Kier molecular flexibility index (Phi) is 5.38. The Morgan fingerprint density at radius 3 is 2.67 bits per heavy atom. The van der Waals surface area contributed by atoms with Crippen LogP contribution in [0, 0.1) is 0 Å². The number of amides is 1. The van der Waals surface area contributed by atoms with Crippen LogP contribution in [-0.4, -0.2) is 46.9 Å². The lowest BCUT2D eigenvalue weighted by Gasteiger charge is -2.19. The zero-order chi connectivity index (χ0) is 18.6. The van der Waals surface area contributed by atoms with Crippen LogP contribution in [0.5, 0.6) is 0 Å². The maximum absolute atomic E-state index is 12.7. The molecule has 0 radical (unpaired) electrons. The molecule has 1 saturated heterocycles. The molecule has 1 unspecified atom stereocenters. The topological polar surface area (TPSA) is 72.3 Å². The standard InChI is InChI=1S/C20H27N5O2/c1-27-14-19-23-22-18-9-6-16(10-13-25(18)19)21-20(26)15-4-7-17(8-5-15)24-11-2-3-12-24/h4-5,7-8,16H,2-3,6,9-14H2,1H3,(H,21,26). The zero-order valence-electron chi connectivity index (χ0n) is 15.9. The van der Waals surface area contributed by atoms with E-state index in [2.05, 4.69) is 37.1 Å². The fourth-order valence-electron chi connectivity index (χ4n) is 4.00. The van der Waals surface area contributed by atoms with Crippen LogP contribution in [0.3, 0.4) is 0 Å². The number of hydrogen-bond donors (Lipinski definition) is 1. The number of carbonyl (C=O) groups excluding carboxylic acids is 1. The number of aryl methyl sites for hydroxylation is 1. The van der Waals surface area contributed by atoms with Crippen LogP contribution in [0.4, 0.5) is 5.69 Å². The van der Waals surface area contributed by atoms with Crippen LogP contribution in [-0.2, 0) is 24.3 Å². The van der Waals surface area contributed by atoms with Crippen molar-refractivity contribution < 1.29 is 9.53 Å². The lowest BCUT2D eigenvalue weighted by Crippen LogP contribution is -2.35. The van der Waals surface area contributed by atoms with E-state index < -0.39 is 0 Å². The van der Waals surface area contributed by atoms with Crippen LogP contribution in [0.2, 0.25) is 0 Å². The van der Waals surface area contributed by atoms with Crippen molar-refractivity contribution in [2.45, 2.75) is 51.3 Å². The van der Waals surface area contributed by atoms with E-state index in [1.807, 2.05) is 12.1 Å². The maximum Gasteiger partial charge on any atom is 0.251 e. The largest absolute Gasteiger partial charge is 0.377 e. The molecule has 1 N–H and O–H groups in total. The summed E-state index contributed by atoms with van der Waals surface area (Å²) in [5, 5.41) is 11.7. The van der Waals surface area contributed by atoms with Crippen LogP contribution in [0.25, 0.3) is 0 Å². The van der Waals surface area contributed by atoms with Gasteiger partial charge in [-0.05, 0) is 49.9 Å². The van der Waals surface area contributed by atoms with E-state index in [-0.39, 0.29) is 11.9 Å². The number of aromatic nitrogens is 3. The summed E-state index contributed by atoms with van der Waals surface area (Å²) in [6.45, 7) is 3.50. The van der Waals surface area contributed by atoms with Gasteiger partial charge in [0.1, 0.15) is 12.4 Å². The molecule has 2 aliphatic rings. The minimum atomic E-state index is 0.00255. The summed E-state index contributed by atoms with van der Waals surface area (Å²) in [4.78, 5) is 15.0. The molecule has 1 atom stereocenters. The molecule has 1 fully saturated rings. The zero-order valence-corrected chi connectivity index (χ0v) is 15.9. The molecular weight excluding hydrogens is 342 g/mol. The van der Waals surface area contributed by atoms with E-state index in [0.717, 1.165) is 56.1 Å². The van der Waals surface area contributed by atoms with Crippen molar-refractivity contribution in [2.75, 3.05) is 25.1 Å².